The third-order valence-electron chi connectivity index (χ3n) is 4.08. The fourth-order valence-electron chi connectivity index (χ4n) is 2.66. The van der Waals surface area contributed by atoms with Gasteiger partial charge in [-0.1, -0.05) is 20.8 Å². The van der Waals surface area contributed by atoms with Crippen molar-refractivity contribution in [3.8, 4) is 0 Å². The minimum absolute atomic E-state index is 0.304. The molecule has 114 valence electrons. The van der Waals surface area contributed by atoms with Crippen molar-refractivity contribution >= 4 is 10.0 Å². The topological polar surface area (TPSA) is 49.4 Å². The number of hydrogen-bond donors (Lipinski definition) is 1. The van der Waals surface area contributed by atoms with Gasteiger partial charge in [0.25, 0.3) is 0 Å². The Hall–Kier alpha value is -0.130. The zero-order valence-electron chi connectivity index (χ0n) is 12.9. The van der Waals surface area contributed by atoms with Gasteiger partial charge in [0.15, 0.2) is 0 Å². The van der Waals surface area contributed by atoms with Gasteiger partial charge in [-0.15, -0.1) is 0 Å². The molecule has 1 aliphatic heterocycles. The van der Waals surface area contributed by atoms with E-state index in [0.29, 0.717) is 36.7 Å². The zero-order chi connectivity index (χ0) is 14.5. The minimum atomic E-state index is -3.03. The van der Waals surface area contributed by atoms with Gasteiger partial charge in [0.05, 0.1) is 5.75 Å². The summed E-state index contributed by atoms with van der Waals surface area (Å²) in [4.78, 5) is 0. The summed E-state index contributed by atoms with van der Waals surface area (Å²) in [5.74, 6) is 1.36. The minimum Gasteiger partial charge on any atom is -0.314 e. The molecule has 0 saturated carbocycles. The Morgan fingerprint density at radius 1 is 1.21 bits per heavy atom. The Morgan fingerprint density at radius 2 is 1.79 bits per heavy atom. The molecule has 1 unspecified atom stereocenters. The van der Waals surface area contributed by atoms with Crippen molar-refractivity contribution in [1.29, 1.82) is 0 Å². The zero-order valence-corrected chi connectivity index (χ0v) is 13.7. The normalized spacial score (nSPS) is 20.9. The van der Waals surface area contributed by atoms with E-state index in [-0.39, 0.29) is 0 Å². The van der Waals surface area contributed by atoms with E-state index in [2.05, 4.69) is 33.0 Å². The number of rotatable bonds is 7. The largest absolute Gasteiger partial charge is 0.314 e. The molecule has 0 spiro atoms. The molecule has 1 heterocycles. The van der Waals surface area contributed by atoms with E-state index < -0.39 is 10.0 Å². The second-order valence-electron chi connectivity index (χ2n) is 6.08. The Kier molecular flexibility index (Phi) is 6.77. The third kappa shape index (κ3) is 5.40. The second-order valence-corrected chi connectivity index (χ2v) is 8.17. The van der Waals surface area contributed by atoms with Gasteiger partial charge in [-0.05, 0) is 44.6 Å². The van der Waals surface area contributed by atoms with Crippen LogP contribution in [0.1, 0.15) is 47.0 Å². The standard InChI is InChI=1S/C14H30N2O2S/c1-5-15-13(4)14-6-9-16(10-7-14)19(17,18)11-8-12(2)3/h12-15H,5-11H2,1-4H3. The van der Waals surface area contributed by atoms with Crippen LogP contribution in [0.3, 0.4) is 0 Å². The first kappa shape index (κ1) is 16.9. The Balaban J connectivity index is 2.44. The van der Waals surface area contributed by atoms with Crippen molar-refractivity contribution in [2.24, 2.45) is 11.8 Å². The highest BCUT2D eigenvalue weighted by Crippen LogP contribution is 2.23. The molecule has 1 saturated heterocycles. The van der Waals surface area contributed by atoms with Gasteiger partial charge < -0.3 is 5.32 Å². The maximum absolute atomic E-state index is 12.2. The summed E-state index contributed by atoms with van der Waals surface area (Å²) < 4.78 is 26.1. The maximum Gasteiger partial charge on any atom is 0.214 e. The fourth-order valence-corrected chi connectivity index (χ4v) is 4.45. The van der Waals surface area contributed by atoms with Gasteiger partial charge >= 0.3 is 0 Å². The maximum atomic E-state index is 12.2. The molecule has 19 heavy (non-hydrogen) atoms. The SMILES string of the molecule is CCNC(C)C1CCN(S(=O)(=O)CCC(C)C)CC1. The van der Waals surface area contributed by atoms with E-state index in [4.69, 9.17) is 0 Å². The Labute approximate surface area is 119 Å². The number of hydrogen-bond acceptors (Lipinski definition) is 3. The van der Waals surface area contributed by atoms with Gasteiger partial charge in [-0.3, -0.25) is 0 Å². The summed E-state index contributed by atoms with van der Waals surface area (Å²) in [6, 6.07) is 0.491. The van der Waals surface area contributed by atoms with Crippen molar-refractivity contribution in [3.63, 3.8) is 0 Å². The number of nitrogens with zero attached hydrogens (tertiary/aromatic N) is 1. The van der Waals surface area contributed by atoms with E-state index in [0.717, 1.165) is 25.8 Å². The summed E-state index contributed by atoms with van der Waals surface area (Å²) in [5, 5.41) is 3.44. The lowest BCUT2D eigenvalue weighted by atomic mass is 9.91. The number of nitrogens with one attached hydrogen (secondary N) is 1. The van der Waals surface area contributed by atoms with Crippen molar-refractivity contribution in [1.82, 2.24) is 9.62 Å². The lowest BCUT2D eigenvalue weighted by Crippen LogP contribution is -2.44. The van der Waals surface area contributed by atoms with Crippen molar-refractivity contribution in [2.45, 2.75) is 53.0 Å². The van der Waals surface area contributed by atoms with Crippen molar-refractivity contribution in [3.05, 3.63) is 0 Å². The molecule has 0 radical (unpaired) electrons. The molecular weight excluding hydrogens is 260 g/mol. The van der Waals surface area contributed by atoms with E-state index in [1.807, 2.05) is 0 Å². The molecule has 5 heteroatoms. The van der Waals surface area contributed by atoms with Crippen LogP contribution >= 0.6 is 0 Å². The molecule has 1 atom stereocenters. The van der Waals surface area contributed by atoms with Crippen molar-refractivity contribution < 1.29 is 8.42 Å². The number of sulfonamides is 1. The Bertz CT molecular complexity index is 346. The monoisotopic (exact) mass is 290 g/mol. The molecule has 1 rings (SSSR count). The molecule has 0 aromatic rings. The van der Waals surface area contributed by atoms with Crippen LogP contribution in [-0.4, -0.2) is 44.2 Å². The van der Waals surface area contributed by atoms with Crippen LogP contribution in [0.25, 0.3) is 0 Å². The van der Waals surface area contributed by atoms with Gasteiger partial charge in [-0.25, -0.2) is 12.7 Å². The summed E-state index contributed by atoms with van der Waals surface area (Å²) in [6.45, 7) is 10.8. The summed E-state index contributed by atoms with van der Waals surface area (Å²) >= 11 is 0. The quantitative estimate of drug-likeness (QED) is 0.781. The second kappa shape index (κ2) is 7.60. The first-order valence-electron chi connectivity index (χ1n) is 7.58. The van der Waals surface area contributed by atoms with Crippen LogP contribution < -0.4 is 5.32 Å². The van der Waals surface area contributed by atoms with Gasteiger partial charge in [-0.2, -0.15) is 0 Å². The van der Waals surface area contributed by atoms with Crippen LogP contribution in [0.15, 0.2) is 0 Å². The van der Waals surface area contributed by atoms with E-state index >= 15 is 0 Å². The lowest BCUT2D eigenvalue weighted by molar-refractivity contribution is 0.232. The highest BCUT2D eigenvalue weighted by Gasteiger charge is 2.29. The van der Waals surface area contributed by atoms with Crippen LogP contribution in [0.4, 0.5) is 0 Å². The van der Waals surface area contributed by atoms with E-state index in [1.54, 1.807) is 4.31 Å². The summed E-state index contributed by atoms with van der Waals surface area (Å²) in [5.41, 5.74) is 0. The third-order valence-corrected chi connectivity index (χ3v) is 5.98. The molecule has 0 bridgehead atoms. The van der Waals surface area contributed by atoms with E-state index in [1.165, 1.54) is 0 Å². The predicted molar refractivity (Wildman–Crippen MR) is 80.7 cm³/mol. The summed E-state index contributed by atoms with van der Waals surface area (Å²) in [7, 11) is -3.03. The molecule has 4 nitrogen and oxygen atoms in total. The summed E-state index contributed by atoms with van der Waals surface area (Å²) in [6.07, 6.45) is 2.72. The molecule has 1 aliphatic rings. The van der Waals surface area contributed by atoms with Gasteiger partial charge in [0.2, 0.25) is 10.0 Å². The average Bonchev–Trinajstić information content (AvgIpc) is 2.37. The first-order valence-corrected chi connectivity index (χ1v) is 9.19. The Morgan fingerprint density at radius 3 is 2.26 bits per heavy atom. The smallest absolute Gasteiger partial charge is 0.214 e. The highest BCUT2D eigenvalue weighted by atomic mass is 32.2. The highest BCUT2D eigenvalue weighted by molar-refractivity contribution is 7.89. The van der Waals surface area contributed by atoms with Crippen molar-refractivity contribution in [2.75, 3.05) is 25.4 Å². The molecule has 0 aliphatic carbocycles. The molecule has 0 aromatic carbocycles. The first-order chi connectivity index (χ1) is 8.86. The molecular formula is C14H30N2O2S. The van der Waals surface area contributed by atoms with Gasteiger partial charge in [0, 0.05) is 19.1 Å². The average molecular weight is 290 g/mol. The predicted octanol–water partition coefficient (Wildman–Crippen LogP) is 2.07. The van der Waals surface area contributed by atoms with Crippen LogP contribution in [0.5, 0.6) is 0 Å². The number of piperidine rings is 1. The fraction of sp³-hybridized carbons (Fsp3) is 1.00. The molecule has 0 aromatic heterocycles. The molecule has 0 amide bonds. The van der Waals surface area contributed by atoms with Gasteiger partial charge in [0.1, 0.15) is 0 Å². The van der Waals surface area contributed by atoms with Crippen LogP contribution in [-0.2, 0) is 10.0 Å². The lowest BCUT2D eigenvalue weighted by Gasteiger charge is -2.34. The molecule has 1 N–H and O–H groups in total. The van der Waals surface area contributed by atoms with Crippen LogP contribution in [0.2, 0.25) is 0 Å². The van der Waals surface area contributed by atoms with E-state index in [9.17, 15) is 8.42 Å². The van der Waals surface area contributed by atoms with Crippen LogP contribution in [0, 0.1) is 11.8 Å². The molecule has 1 fully saturated rings.